The zero-order valence-corrected chi connectivity index (χ0v) is 29.5. The van der Waals surface area contributed by atoms with Gasteiger partial charge in [0.1, 0.15) is 0 Å². The van der Waals surface area contributed by atoms with Crippen LogP contribution in [0.1, 0.15) is 19.3 Å². The minimum absolute atomic E-state index is 0.147. The molecule has 15 fully saturated rings. The molecule has 15 saturated carbocycles. The molecule has 0 unspecified atom stereocenters. The third-order valence-electron chi connectivity index (χ3n) is 22.4. The van der Waals surface area contributed by atoms with Crippen LogP contribution in [0.15, 0.2) is 23.8 Å². The first kappa shape index (κ1) is 28.8. The van der Waals surface area contributed by atoms with Gasteiger partial charge in [-0.15, -0.1) is 0 Å². The summed E-state index contributed by atoms with van der Waals surface area (Å²) in [6.45, 7) is 0. The van der Waals surface area contributed by atoms with Gasteiger partial charge >= 0.3 is 0 Å². The summed E-state index contributed by atoms with van der Waals surface area (Å²) in [5.41, 5.74) is -4.50. The Labute approximate surface area is 314 Å². The Bertz CT molecular complexity index is 2380. The van der Waals surface area contributed by atoms with Crippen LogP contribution < -0.4 is 0 Å². The van der Waals surface area contributed by atoms with Crippen molar-refractivity contribution >= 4 is 0 Å². The Morgan fingerprint density at radius 3 is 1.43 bits per heavy atom. The zero-order valence-electron chi connectivity index (χ0n) is 29.5. The molecule has 18 aliphatic carbocycles. The molecule has 18 aliphatic rings. The lowest BCUT2D eigenvalue weighted by Gasteiger charge is -2.69. The van der Waals surface area contributed by atoms with Crippen LogP contribution in [-0.4, -0.2) is 0 Å². The molecule has 0 aliphatic heterocycles. The third kappa shape index (κ3) is 2.22. The molecule has 54 heavy (non-hydrogen) atoms. The molecule has 0 radical (unpaired) electrons. The van der Waals surface area contributed by atoms with E-state index in [1.165, 1.54) is 6.42 Å². The monoisotopic (exact) mass is 700 g/mol. The minimum Gasteiger partial charge on any atom is -0.196 e. The Morgan fingerprint density at radius 2 is 0.852 bits per heavy atom. The molecule has 0 aromatic carbocycles. The van der Waals surface area contributed by atoms with E-state index in [-0.39, 0.29) is 35.5 Å². The van der Waals surface area contributed by atoms with Gasteiger partial charge in [-0.25, -0.2) is 0 Å². The highest BCUT2D eigenvalue weighted by atomic mass is 14.9. The molecule has 0 heterocycles. The van der Waals surface area contributed by atoms with E-state index in [9.17, 15) is 42.1 Å². The molecular formula is C46H36N8. The van der Waals surface area contributed by atoms with Crippen LogP contribution in [0.4, 0.5) is 0 Å². The molecule has 0 aromatic rings. The fourth-order valence-corrected chi connectivity index (χ4v) is 21.6. The number of nitriles is 8. The van der Waals surface area contributed by atoms with Crippen molar-refractivity contribution < 1.29 is 0 Å². The molecule has 8 nitrogen and oxygen atoms in total. The molecule has 0 N–H and O–H groups in total. The maximum atomic E-state index is 10.8. The third-order valence-corrected chi connectivity index (χ3v) is 22.4. The van der Waals surface area contributed by atoms with Crippen molar-refractivity contribution in [3.8, 4) is 48.6 Å². The van der Waals surface area contributed by atoms with Crippen LogP contribution >= 0.6 is 0 Å². The van der Waals surface area contributed by atoms with Crippen molar-refractivity contribution in [1.82, 2.24) is 0 Å². The van der Waals surface area contributed by atoms with Gasteiger partial charge in [-0.1, -0.05) is 23.8 Å². The zero-order chi connectivity index (χ0) is 36.1. The summed E-state index contributed by atoms with van der Waals surface area (Å²) in [7, 11) is 0. The van der Waals surface area contributed by atoms with Crippen LogP contribution in [0.3, 0.4) is 0 Å². The summed E-state index contributed by atoms with van der Waals surface area (Å²) in [6.07, 6.45) is 10.9. The summed E-state index contributed by atoms with van der Waals surface area (Å²) in [4.78, 5) is 0. The van der Waals surface area contributed by atoms with Crippen molar-refractivity contribution in [2.45, 2.75) is 19.3 Å². The lowest BCUT2D eigenvalue weighted by Crippen LogP contribution is -2.65. The van der Waals surface area contributed by atoms with Gasteiger partial charge in [0.15, 0.2) is 21.7 Å². The summed E-state index contributed by atoms with van der Waals surface area (Å²) >= 11 is 0. The number of allylic oxidation sites excluding steroid dienone is 4. The average molecular weight is 701 g/mol. The fourth-order valence-electron chi connectivity index (χ4n) is 21.6. The maximum Gasteiger partial charge on any atom is 0.179 e. The number of fused-ring (bicyclic) bond motifs is 11. The van der Waals surface area contributed by atoms with Crippen molar-refractivity contribution in [2.75, 3.05) is 0 Å². The highest BCUT2D eigenvalue weighted by Crippen LogP contribution is 2.92. The molecule has 0 saturated heterocycles. The topological polar surface area (TPSA) is 190 Å². The first-order valence-electron chi connectivity index (χ1n) is 21.1. The second-order valence-electron chi connectivity index (χ2n) is 21.7. The predicted molar refractivity (Wildman–Crippen MR) is 180 cm³/mol. The van der Waals surface area contributed by atoms with Gasteiger partial charge < -0.3 is 0 Å². The average Bonchev–Trinajstić information content (AvgIpc) is 4.04. The molecule has 18 rings (SSSR count). The van der Waals surface area contributed by atoms with Gasteiger partial charge in [0.05, 0.1) is 48.6 Å². The van der Waals surface area contributed by atoms with E-state index in [4.69, 9.17) is 0 Å². The van der Waals surface area contributed by atoms with Crippen molar-refractivity contribution in [1.29, 1.82) is 42.1 Å². The Morgan fingerprint density at radius 1 is 0.389 bits per heavy atom. The maximum absolute atomic E-state index is 10.8. The lowest BCUT2D eigenvalue weighted by atomic mass is 9.35. The summed E-state index contributed by atoms with van der Waals surface area (Å²) in [6, 6.07) is 19.0. The van der Waals surface area contributed by atoms with E-state index in [1.54, 1.807) is 5.57 Å². The number of hydrogen-bond donors (Lipinski definition) is 0. The summed E-state index contributed by atoms with van der Waals surface area (Å²) < 4.78 is 0. The minimum atomic E-state index is -1.54. The molecule has 0 spiro atoms. The van der Waals surface area contributed by atoms with Gasteiger partial charge in [-0.05, 0) is 167 Å². The van der Waals surface area contributed by atoms with Crippen LogP contribution in [0, 0.1) is 272 Å². The molecule has 27 atom stereocenters. The van der Waals surface area contributed by atoms with Crippen LogP contribution in [-0.2, 0) is 0 Å². The first-order chi connectivity index (χ1) is 26.4. The van der Waals surface area contributed by atoms with Gasteiger partial charge in [-0.3, -0.25) is 0 Å². The fraction of sp³-hybridized carbons (Fsp3) is 0.739. The van der Waals surface area contributed by atoms with Crippen molar-refractivity contribution in [3.05, 3.63) is 23.8 Å². The van der Waals surface area contributed by atoms with E-state index in [1.807, 2.05) is 0 Å². The molecule has 8 heteroatoms. The largest absolute Gasteiger partial charge is 0.196 e. The van der Waals surface area contributed by atoms with E-state index in [2.05, 4.69) is 66.8 Å². The second kappa shape index (κ2) is 7.89. The molecule has 0 amide bonds. The standard InChI is InChI=1S/C46H36N8/c47-7-43(8-48)23-5-21-29-27-19-3-17-15-1-2-16(18(17)4-20(19)28(27)36-33(23)39(36)41(31(21)29)45(43,11-51)12-52)26-25(15)35-30-22-6-24-34-38(37(26)35)40(34)42(32(22)30)46(13-53,14-54)44(24,9-49)10-50/h1-2,4,15-19,21-42H,3,5-6H2/t15-,16-,17+,18-,19-,21-,22+,23+,24+,25-,26-,27-,28+,29-,30-,31+,32-,33-,34+,35+,36-,37-,38+,39-,40+,41-,42-/m1/s1. The number of nitrogens with zero attached hydrogens (tertiary/aromatic N) is 8. The van der Waals surface area contributed by atoms with Crippen molar-refractivity contribution in [3.63, 3.8) is 0 Å². The number of hydrogen-bond acceptors (Lipinski definition) is 8. The van der Waals surface area contributed by atoms with Crippen LogP contribution in [0.25, 0.3) is 0 Å². The van der Waals surface area contributed by atoms with Gasteiger partial charge in [0.25, 0.3) is 0 Å². The van der Waals surface area contributed by atoms with E-state index >= 15 is 0 Å². The summed E-state index contributed by atoms with van der Waals surface area (Å²) in [5, 5.41) is 85.5. The van der Waals surface area contributed by atoms with E-state index in [0.717, 1.165) is 12.8 Å². The van der Waals surface area contributed by atoms with Gasteiger partial charge in [-0.2, -0.15) is 42.1 Å². The Hall–Kier alpha value is -4.60. The number of rotatable bonds is 0. The second-order valence-corrected chi connectivity index (χ2v) is 21.7. The predicted octanol–water partition coefficient (Wildman–Crippen LogP) is 5.61. The molecule has 260 valence electrons. The molecule has 0 aromatic heterocycles. The van der Waals surface area contributed by atoms with Crippen LogP contribution in [0.2, 0.25) is 0 Å². The summed E-state index contributed by atoms with van der Waals surface area (Å²) in [5.74, 6) is 10.2. The van der Waals surface area contributed by atoms with E-state index < -0.39 is 21.7 Å². The smallest absolute Gasteiger partial charge is 0.179 e. The SMILES string of the molecule is N#CC1(C#N)[C@H]2[C@@H]3[C@@H]4[C@@H]5[C@@H]6[C@@H]7C=C[C@H]([C@@H]8C[C@@H]9C(=C[C@H]78)[C@@H]7[C@H]8[C@H]%10[C@@H]8[C@@H]8C[C@@H]%11[C@H]([C@@H]79)[C@H]%11[C@H]%10C(C#N)(C#N)C8(C#N)C#N)[C@H]6[C@H]5[C@@H]5[C@H](C[C@@H]([C@@H]43)C1(C#N)C#N)[C@H]52. The quantitative estimate of drug-likeness (QED) is 0.291. The van der Waals surface area contributed by atoms with Crippen LogP contribution in [0.5, 0.6) is 0 Å². The van der Waals surface area contributed by atoms with Gasteiger partial charge in [0.2, 0.25) is 0 Å². The van der Waals surface area contributed by atoms with E-state index in [0.29, 0.717) is 124 Å². The first-order valence-corrected chi connectivity index (χ1v) is 21.1. The van der Waals surface area contributed by atoms with Gasteiger partial charge in [0, 0.05) is 11.8 Å². The molecular weight excluding hydrogens is 665 g/mol. The molecule has 10 bridgehead atoms. The Kier molecular flexibility index (Phi) is 4.21. The van der Waals surface area contributed by atoms with Crippen molar-refractivity contribution in [2.24, 2.45) is 181 Å². The highest BCUT2D eigenvalue weighted by molar-refractivity contribution is 5.51. The highest BCUT2D eigenvalue weighted by Gasteiger charge is 2.92. The normalized spacial score (nSPS) is 64.7. The lowest BCUT2D eigenvalue weighted by molar-refractivity contribution is -0.176. The Balaban J connectivity index is 0.813.